The Morgan fingerprint density at radius 1 is 1.05 bits per heavy atom. The Bertz CT molecular complexity index is 1470. The number of ether oxygens (including phenoxy) is 1. The van der Waals surface area contributed by atoms with Gasteiger partial charge in [-0.2, -0.15) is 0 Å². The number of thiazole rings is 1. The number of anilines is 2. The Labute approximate surface area is 220 Å². The first-order chi connectivity index (χ1) is 17.9. The average Bonchev–Trinajstić information content (AvgIpc) is 3.37. The summed E-state index contributed by atoms with van der Waals surface area (Å²) in [5.74, 6) is 1.68. The maximum Gasteiger partial charge on any atom is 0.193 e. The van der Waals surface area contributed by atoms with Crippen molar-refractivity contribution in [1.82, 2.24) is 15.6 Å². The molecular weight excluding hydrogens is 506 g/mol. The lowest BCUT2D eigenvalue weighted by Crippen LogP contribution is -2.21. The van der Waals surface area contributed by atoms with E-state index in [-0.39, 0.29) is 5.75 Å². The third kappa shape index (κ3) is 6.67. The topological polar surface area (TPSA) is 95.6 Å². The molecule has 0 bridgehead atoms. The molecule has 2 aromatic carbocycles. The molecule has 3 N–H and O–H groups in total. The van der Waals surface area contributed by atoms with Crippen LogP contribution in [0, 0.1) is 0 Å². The van der Waals surface area contributed by atoms with E-state index in [0.29, 0.717) is 13.1 Å². The molecular formula is C27H27N5O3S2. The quantitative estimate of drug-likeness (QED) is 0.322. The van der Waals surface area contributed by atoms with Crippen LogP contribution in [0.3, 0.4) is 0 Å². The zero-order valence-corrected chi connectivity index (χ0v) is 21.9. The van der Waals surface area contributed by atoms with Gasteiger partial charge in [0.15, 0.2) is 5.13 Å². The van der Waals surface area contributed by atoms with Gasteiger partial charge in [-0.25, -0.2) is 13.4 Å². The predicted molar refractivity (Wildman–Crippen MR) is 149 cm³/mol. The van der Waals surface area contributed by atoms with Gasteiger partial charge in [0, 0.05) is 72.1 Å². The lowest BCUT2D eigenvalue weighted by Gasteiger charge is -2.26. The van der Waals surface area contributed by atoms with Crippen LogP contribution in [0.4, 0.5) is 10.8 Å². The number of sulfone groups is 1. The third-order valence-electron chi connectivity index (χ3n) is 5.57. The van der Waals surface area contributed by atoms with Crippen molar-refractivity contribution in [3.05, 3.63) is 113 Å². The number of nitrogens with one attached hydrogen (secondary N) is 3. The van der Waals surface area contributed by atoms with Crippen molar-refractivity contribution in [2.45, 2.75) is 6.54 Å². The zero-order valence-electron chi connectivity index (χ0n) is 20.2. The molecule has 3 aromatic rings. The highest BCUT2D eigenvalue weighted by Crippen LogP contribution is 2.33. The van der Waals surface area contributed by atoms with Gasteiger partial charge >= 0.3 is 0 Å². The molecule has 0 amide bonds. The highest BCUT2D eigenvalue weighted by Gasteiger charge is 2.20. The summed E-state index contributed by atoms with van der Waals surface area (Å²) >= 11 is 1.56. The van der Waals surface area contributed by atoms with Crippen LogP contribution in [-0.2, 0) is 16.4 Å². The van der Waals surface area contributed by atoms with Gasteiger partial charge in [0.05, 0.1) is 11.4 Å². The van der Waals surface area contributed by atoms with Gasteiger partial charge in [-0.15, -0.1) is 0 Å². The first kappa shape index (κ1) is 24.8. The number of rotatable bonds is 10. The fourth-order valence-electron chi connectivity index (χ4n) is 3.73. The zero-order chi connectivity index (χ0) is 25.7. The number of para-hydroxylation sites is 1. The number of fused-ring (bicyclic) bond motifs is 1. The van der Waals surface area contributed by atoms with Crippen molar-refractivity contribution < 1.29 is 13.2 Å². The molecule has 0 aliphatic carbocycles. The molecule has 10 heteroatoms. The lowest BCUT2D eigenvalue weighted by atomic mass is 10.0. The molecule has 2 aliphatic rings. The van der Waals surface area contributed by atoms with Gasteiger partial charge in [0.2, 0.25) is 0 Å². The van der Waals surface area contributed by atoms with E-state index in [1.165, 1.54) is 6.26 Å². The fraction of sp³-hybridized carbons (Fsp3) is 0.148. The van der Waals surface area contributed by atoms with Crippen LogP contribution >= 0.6 is 11.3 Å². The largest absolute Gasteiger partial charge is 0.457 e. The smallest absolute Gasteiger partial charge is 0.193 e. The van der Waals surface area contributed by atoms with Crippen LogP contribution < -0.4 is 25.6 Å². The van der Waals surface area contributed by atoms with Gasteiger partial charge in [0.1, 0.15) is 21.3 Å². The summed E-state index contributed by atoms with van der Waals surface area (Å²) in [4.78, 5) is 7.59. The van der Waals surface area contributed by atoms with Gasteiger partial charge in [-0.1, -0.05) is 29.5 Å². The van der Waals surface area contributed by atoms with E-state index in [1.54, 1.807) is 11.3 Å². The SMILES string of the molecule is CS(=O)(=O)CCNCc1cnc(N2C=CC3=CNC=C(Nc4ccc(Oc5ccccc5)cc4)C3=C2)s1. The van der Waals surface area contributed by atoms with E-state index in [1.807, 2.05) is 90.4 Å². The number of hydrogen-bond acceptors (Lipinski definition) is 9. The summed E-state index contributed by atoms with van der Waals surface area (Å²) in [6, 6.07) is 17.5. The fourth-order valence-corrected chi connectivity index (χ4v) is 5.08. The molecule has 0 saturated heterocycles. The maximum absolute atomic E-state index is 11.3. The summed E-state index contributed by atoms with van der Waals surface area (Å²) in [6.07, 6.45) is 13.0. The van der Waals surface area contributed by atoms with Crippen LogP contribution in [0.5, 0.6) is 11.5 Å². The molecule has 5 rings (SSSR count). The standard InChI is InChI=1S/C27H27N5O3S2/c1-37(33,34)14-12-28-16-24-17-30-27(36-24)32-13-11-20-15-29-18-26(25(20)19-32)31-21-7-9-23(10-8-21)35-22-5-3-2-4-6-22/h2-11,13,15,17-19,28-29,31H,12,14,16H2,1H3. The first-order valence-corrected chi connectivity index (χ1v) is 14.6. The Kier molecular flexibility index (Phi) is 7.40. The monoisotopic (exact) mass is 533 g/mol. The van der Waals surface area contributed by atoms with E-state index in [9.17, 15) is 8.42 Å². The summed E-state index contributed by atoms with van der Waals surface area (Å²) < 4.78 is 28.5. The molecule has 0 saturated carbocycles. The molecule has 0 unspecified atom stereocenters. The van der Waals surface area contributed by atoms with Gasteiger partial charge in [-0.3, -0.25) is 4.90 Å². The van der Waals surface area contributed by atoms with Crippen LogP contribution in [0.15, 0.2) is 109 Å². The molecule has 3 heterocycles. The van der Waals surface area contributed by atoms with Crippen molar-refractivity contribution in [2.24, 2.45) is 0 Å². The highest BCUT2D eigenvalue weighted by molar-refractivity contribution is 7.90. The van der Waals surface area contributed by atoms with Crippen molar-refractivity contribution in [1.29, 1.82) is 0 Å². The Hall–Kier alpha value is -3.86. The number of nitrogens with zero attached hydrogens (tertiary/aromatic N) is 2. The van der Waals surface area contributed by atoms with E-state index < -0.39 is 9.84 Å². The second-order valence-electron chi connectivity index (χ2n) is 8.57. The number of allylic oxidation sites excluding steroid dienone is 2. The minimum atomic E-state index is -2.97. The third-order valence-corrected chi connectivity index (χ3v) is 7.53. The van der Waals surface area contributed by atoms with Crippen molar-refractivity contribution >= 4 is 32.0 Å². The molecule has 37 heavy (non-hydrogen) atoms. The molecule has 8 nitrogen and oxygen atoms in total. The summed E-state index contributed by atoms with van der Waals surface area (Å²) in [6.45, 7) is 0.993. The lowest BCUT2D eigenvalue weighted by molar-refractivity contribution is 0.483. The molecule has 2 aliphatic heterocycles. The molecule has 0 fully saturated rings. The molecule has 0 radical (unpaired) electrons. The maximum atomic E-state index is 11.3. The molecule has 0 atom stereocenters. The normalized spacial score (nSPS) is 14.7. The predicted octanol–water partition coefficient (Wildman–Crippen LogP) is 4.73. The average molecular weight is 534 g/mol. The summed E-state index contributed by atoms with van der Waals surface area (Å²) in [7, 11) is -2.97. The van der Waals surface area contributed by atoms with E-state index in [0.717, 1.165) is 44.0 Å². The van der Waals surface area contributed by atoms with Gasteiger partial charge < -0.3 is 20.7 Å². The first-order valence-electron chi connectivity index (χ1n) is 11.7. The number of aromatic nitrogens is 1. The number of hydrogen-bond donors (Lipinski definition) is 3. The van der Waals surface area contributed by atoms with Crippen LogP contribution in [0.1, 0.15) is 4.88 Å². The van der Waals surface area contributed by atoms with Gasteiger partial charge in [0.25, 0.3) is 0 Å². The Balaban J connectivity index is 1.23. The van der Waals surface area contributed by atoms with Crippen molar-refractivity contribution in [2.75, 3.05) is 28.8 Å². The summed E-state index contributed by atoms with van der Waals surface area (Å²) in [5, 5.41) is 10.7. The molecule has 190 valence electrons. The Morgan fingerprint density at radius 2 is 1.84 bits per heavy atom. The number of dihydropyridines is 1. The van der Waals surface area contributed by atoms with Gasteiger partial charge in [-0.05, 0) is 42.5 Å². The second-order valence-corrected chi connectivity index (χ2v) is 11.9. The molecule has 0 spiro atoms. The van der Waals surface area contributed by atoms with Crippen molar-refractivity contribution in [3.63, 3.8) is 0 Å². The van der Waals surface area contributed by atoms with Crippen molar-refractivity contribution in [3.8, 4) is 11.5 Å². The van der Waals surface area contributed by atoms with E-state index in [2.05, 4.69) is 27.1 Å². The number of benzene rings is 2. The highest BCUT2D eigenvalue weighted by atomic mass is 32.2. The van der Waals surface area contributed by atoms with Crippen LogP contribution in [-0.4, -0.2) is 32.0 Å². The molecule has 1 aromatic heterocycles. The van der Waals surface area contributed by atoms with E-state index in [4.69, 9.17) is 4.74 Å². The second kappa shape index (κ2) is 11.0. The Morgan fingerprint density at radius 3 is 2.62 bits per heavy atom. The summed E-state index contributed by atoms with van der Waals surface area (Å²) in [5.41, 5.74) is 3.97. The minimum absolute atomic E-state index is 0.119. The van der Waals surface area contributed by atoms with Crippen LogP contribution in [0.2, 0.25) is 0 Å². The van der Waals surface area contributed by atoms with E-state index >= 15 is 0 Å². The van der Waals surface area contributed by atoms with Crippen LogP contribution in [0.25, 0.3) is 0 Å². The minimum Gasteiger partial charge on any atom is -0.457 e.